The quantitative estimate of drug-likeness (QED) is 0.175. The fourth-order valence-electron chi connectivity index (χ4n) is 5.46. The maximum Gasteiger partial charge on any atom is 0.336 e. The molecule has 1 N–H and O–H groups in total. The van der Waals surface area contributed by atoms with Crippen molar-refractivity contribution in [2.75, 3.05) is 0 Å². The van der Waals surface area contributed by atoms with Crippen molar-refractivity contribution in [1.29, 1.82) is 0 Å². The van der Waals surface area contributed by atoms with E-state index in [0.29, 0.717) is 16.3 Å². The number of carboxylic acid groups (broad SMARTS) is 1. The van der Waals surface area contributed by atoms with Crippen LogP contribution in [0, 0.1) is 10.1 Å². The number of non-ortho nitro benzene ring substituents is 1. The largest absolute Gasteiger partial charge is 0.478 e. The van der Waals surface area contributed by atoms with E-state index in [9.17, 15) is 20.0 Å². The van der Waals surface area contributed by atoms with E-state index in [1.165, 1.54) is 12.1 Å². The van der Waals surface area contributed by atoms with Crippen molar-refractivity contribution in [3.05, 3.63) is 149 Å². The standard InChI is InChI=1S/C35H23NO4/c37-35(38)29-22-27(36(39)40)21-28-30(23-13-5-1-6-14-23)31(24-15-7-2-8-16-24)32(25-17-9-3-10-18-25)33(34(28)29)26-19-11-4-12-20-26/h1-22H,(H,37,38). The number of hydrogen-bond acceptors (Lipinski definition) is 3. The number of aromatic carboxylic acids is 1. The number of nitro benzene ring substituents is 1. The summed E-state index contributed by atoms with van der Waals surface area (Å²) in [6.07, 6.45) is 0. The number of carboxylic acids is 1. The molecule has 0 spiro atoms. The molecule has 192 valence electrons. The lowest BCUT2D eigenvalue weighted by Crippen LogP contribution is -2.05. The van der Waals surface area contributed by atoms with Gasteiger partial charge in [-0.3, -0.25) is 10.1 Å². The summed E-state index contributed by atoms with van der Waals surface area (Å²) >= 11 is 0. The number of nitro groups is 1. The maximum atomic E-state index is 12.8. The predicted octanol–water partition coefficient (Wildman–Crippen LogP) is 9.11. The molecule has 40 heavy (non-hydrogen) atoms. The molecule has 0 bridgehead atoms. The average Bonchev–Trinajstić information content (AvgIpc) is 3.00. The first-order valence-electron chi connectivity index (χ1n) is 12.8. The van der Waals surface area contributed by atoms with Crippen molar-refractivity contribution >= 4 is 22.4 Å². The normalized spacial score (nSPS) is 10.9. The van der Waals surface area contributed by atoms with Gasteiger partial charge in [0, 0.05) is 17.5 Å². The Morgan fingerprint density at radius 2 is 0.925 bits per heavy atom. The van der Waals surface area contributed by atoms with Crippen LogP contribution >= 0.6 is 0 Å². The van der Waals surface area contributed by atoms with Crippen molar-refractivity contribution in [1.82, 2.24) is 0 Å². The summed E-state index contributed by atoms with van der Waals surface area (Å²) < 4.78 is 0. The molecule has 0 heterocycles. The average molecular weight is 522 g/mol. The third-order valence-electron chi connectivity index (χ3n) is 7.08. The zero-order valence-corrected chi connectivity index (χ0v) is 21.3. The Morgan fingerprint density at radius 1 is 0.550 bits per heavy atom. The third kappa shape index (κ3) is 4.29. The first kappa shape index (κ1) is 24.8. The van der Waals surface area contributed by atoms with E-state index >= 15 is 0 Å². The summed E-state index contributed by atoms with van der Waals surface area (Å²) in [5, 5.41) is 23.5. The Morgan fingerprint density at radius 3 is 1.32 bits per heavy atom. The van der Waals surface area contributed by atoms with Gasteiger partial charge in [0.1, 0.15) is 0 Å². The lowest BCUT2D eigenvalue weighted by molar-refractivity contribution is -0.384. The van der Waals surface area contributed by atoms with Crippen LogP contribution in [0.4, 0.5) is 5.69 Å². The van der Waals surface area contributed by atoms with Gasteiger partial charge < -0.3 is 5.11 Å². The molecule has 0 aromatic heterocycles. The van der Waals surface area contributed by atoms with Gasteiger partial charge in [-0.25, -0.2) is 4.79 Å². The maximum absolute atomic E-state index is 12.8. The van der Waals surface area contributed by atoms with Gasteiger partial charge in [0.2, 0.25) is 0 Å². The fourth-order valence-corrected chi connectivity index (χ4v) is 5.46. The van der Waals surface area contributed by atoms with Crippen LogP contribution in [0.15, 0.2) is 133 Å². The highest BCUT2D eigenvalue weighted by atomic mass is 16.6. The molecular formula is C35H23NO4. The molecule has 0 unspecified atom stereocenters. The monoisotopic (exact) mass is 521 g/mol. The fraction of sp³-hybridized carbons (Fsp3) is 0. The molecule has 0 amide bonds. The number of rotatable bonds is 6. The van der Waals surface area contributed by atoms with Crippen LogP contribution in [-0.2, 0) is 0 Å². The van der Waals surface area contributed by atoms with Gasteiger partial charge in [-0.15, -0.1) is 0 Å². The Bertz CT molecular complexity index is 1870. The second kappa shape index (κ2) is 10.3. The van der Waals surface area contributed by atoms with Gasteiger partial charge in [0.15, 0.2) is 0 Å². The highest BCUT2D eigenvalue weighted by Gasteiger charge is 2.28. The lowest BCUT2D eigenvalue weighted by Gasteiger charge is -2.25. The topological polar surface area (TPSA) is 80.4 Å². The molecule has 6 aromatic carbocycles. The van der Waals surface area contributed by atoms with Crippen LogP contribution in [0.1, 0.15) is 10.4 Å². The molecule has 0 aliphatic heterocycles. The van der Waals surface area contributed by atoms with E-state index in [2.05, 4.69) is 0 Å². The van der Waals surface area contributed by atoms with Crippen molar-refractivity contribution in [2.24, 2.45) is 0 Å². The van der Waals surface area contributed by atoms with E-state index in [4.69, 9.17) is 0 Å². The molecule has 0 saturated carbocycles. The van der Waals surface area contributed by atoms with E-state index in [0.717, 1.165) is 38.9 Å². The summed E-state index contributed by atoms with van der Waals surface area (Å²) in [7, 11) is 0. The number of fused-ring (bicyclic) bond motifs is 1. The van der Waals surface area contributed by atoms with Gasteiger partial charge in [0.25, 0.3) is 5.69 Å². The zero-order chi connectivity index (χ0) is 27.6. The molecule has 5 nitrogen and oxygen atoms in total. The second-order valence-corrected chi connectivity index (χ2v) is 9.44. The summed E-state index contributed by atoms with van der Waals surface area (Å²) in [6, 6.07) is 41.8. The highest BCUT2D eigenvalue weighted by Crippen LogP contribution is 2.52. The SMILES string of the molecule is O=C(O)c1cc([N+](=O)[O-])cc2c(-c3ccccc3)c(-c3ccccc3)c(-c3ccccc3)c(-c3ccccc3)c12. The van der Waals surface area contributed by atoms with Crippen LogP contribution in [0.3, 0.4) is 0 Å². The van der Waals surface area contributed by atoms with Gasteiger partial charge >= 0.3 is 5.97 Å². The number of nitrogens with zero attached hydrogens (tertiary/aromatic N) is 1. The van der Waals surface area contributed by atoms with Crippen LogP contribution < -0.4 is 0 Å². The Labute approximate surface area is 230 Å². The predicted molar refractivity (Wildman–Crippen MR) is 159 cm³/mol. The van der Waals surface area contributed by atoms with E-state index in [1.54, 1.807) is 0 Å². The molecular weight excluding hydrogens is 498 g/mol. The summed E-state index contributed by atoms with van der Waals surface area (Å²) in [5.74, 6) is -1.23. The van der Waals surface area contributed by atoms with Crippen molar-refractivity contribution in [2.45, 2.75) is 0 Å². The smallest absolute Gasteiger partial charge is 0.336 e. The molecule has 0 fully saturated rings. The number of carbonyl (C=O) groups is 1. The first-order valence-corrected chi connectivity index (χ1v) is 12.8. The van der Waals surface area contributed by atoms with Gasteiger partial charge in [0.05, 0.1) is 10.5 Å². The van der Waals surface area contributed by atoms with Crippen molar-refractivity contribution in [3.8, 4) is 44.5 Å². The molecule has 0 radical (unpaired) electrons. The Balaban J connectivity index is 1.99. The van der Waals surface area contributed by atoms with Crippen LogP contribution in [0.25, 0.3) is 55.3 Å². The zero-order valence-electron chi connectivity index (χ0n) is 21.3. The van der Waals surface area contributed by atoms with E-state index in [-0.39, 0.29) is 11.3 Å². The molecule has 0 aliphatic carbocycles. The lowest BCUT2D eigenvalue weighted by atomic mass is 9.77. The number of hydrogen-bond donors (Lipinski definition) is 1. The third-order valence-corrected chi connectivity index (χ3v) is 7.08. The highest BCUT2D eigenvalue weighted by molar-refractivity contribution is 6.23. The minimum absolute atomic E-state index is 0.114. The Hall–Kier alpha value is -5.55. The number of benzene rings is 6. The molecule has 5 heteroatoms. The van der Waals surface area contributed by atoms with Crippen LogP contribution in [-0.4, -0.2) is 16.0 Å². The van der Waals surface area contributed by atoms with Crippen LogP contribution in [0.5, 0.6) is 0 Å². The summed E-state index contributed by atoms with van der Waals surface area (Å²) in [6.45, 7) is 0. The Kier molecular flexibility index (Phi) is 6.38. The molecule has 6 rings (SSSR count). The minimum Gasteiger partial charge on any atom is -0.478 e. The molecule has 0 atom stereocenters. The summed E-state index contributed by atoms with van der Waals surface area (Å²) in [5.41, 5.74) is 6.29. The van der Waals surface area contributed by atoms with Gasteiger partial charge in [-0.1, -0.05) is 121 Å². The van der Waals surface area contributed by atoms with E-state index in [1.807, 2.05) is 121 Å². The molecule has 0 aliphatic rings. The van der Waals surface area contributed by atoms with E-state index < -0.39 is 10.9 Å². The summed E-state index contributed by atoms with van der Waals surface area (Å²) in [4.78, 5) is 24.3. The minimum atomic E-state index is -1.23. The second-order valence-electron chi connectivity index (χ2n) is 9.44. The van der Waals surface area contributed by atoms with Crippen LogP contribution in [0.2, 0.25) is 0 Å². The van der Waals surface area contributed by atoms with Crippen molar-refractivity contribution in [3.63, 3.8) is 0 Å². The van der Waals surface area contributed by atoms with Gasteiger partial charge in [-0.05, 0) is 49.9 Å². The first-order chi connectivity index (χ1) is 19.5. The molecule has 6 aromatic rings. The van der Waals surface area contributed by atoms with Crippen molar-refractivity contribution < 1.29 is 14.8 Å². The van der Waals surface area contributed by atoms with Gasteiger partial charge in [-0.2, -0.15) is 0 Å². The molecule has 0 saturated heterocycles.